The van der Waals surface area contributed by atoms with Crippen LogP contribution in [-0.4, -0.2) is 20.1 Å². The Morgan fingerprint density at radius 1 is 1.32 bits per heavy atom. The maximum atomic E-state index is 3.57. The number of rotatable bonds is 8. The minimum atomic E-state index is 0.727. The number of nitrogens with one attached hydrogen (secondary N) is 1. The zero-order chi connectivity index (χ0) is 14.3. The molecule has 0 bridgehead atoms. The molecule has 0 aliphatic heterocycles. The number of hydrogen-bond donors (Lipinski definition) is 1. The van der Waals surface area contributed by atoms with Crippen molar-refractivity contribution in [2.24, 2.45) is 5.92 Å². The topological polar surface area (TPSA) is 15.3 Å². The molecule has 2 nitrogen and oxygen atoms in total. The molecule has 0 fully saturated rings. The maximum absolute atomic E-state index is 3.57. The molecule has 0 saturated heterocycles. The van der Waals surface area contributed by atoms with Gasteiger partial charge in [-0.1, -0.05) is 43.1 Å². The molecule has 0 aliphatic rings. The summed E-state index contributed by atoms with van der Waals surface area (Å²) in [4.78, 5) is 2.38. The molecule has 0 heterocycles. The van der Waals surface area contributed by atoms with Crippen LogP contribution in [0.4, 0.5) is 5.69 Å². The smallest absolute Gasteiger partial charge is 0.0410 e. The SMILES string of the molecule is CCCNCc1cc(Br)ccc1N(C)CC(C)CC. The molecule has 1 aromatic carbocycles. The highest BCUT2D eigenvalue weighted by Gasteiger charge is 2.10. The number of anilines is 1. The van der Waals surface area contributed by atoms with Crippen LogP contribution >= 0.6 is 15.9 Å². The lowest BCUT2D eigenvalue weighted by atomic mass is 10.1. The van der Waals surface area contributed by atoms with Gasteiger partial charge in [0, 0.05) is 30.3 Å². The molecule has 1 atom stereocenters. The van der Waals surface area contributed by atoms with E-state index >= 15 is 0 Å². The van der Waals surface area contributed by atoms with Crippen LogP contribution in [0.5, 0.6) is 0 Å². The summed E-state index contributed by atoms with van der Waals surface area (Å²) in [6.45, 7) is 9.88. The van der Waals surface area contributed by atoms with Crippen LogP contribution in [0, 0.1) is 5.92 Å². The molecular weight excluding hydrogens is 300 g/mol. The zero-order valence-electron chi connectivity index (χ0n) is 12.7. The minimum absolute atomic E-state index is 0.727. The first-order chi connectivity index (χ1) is 9.08. The summed E-state index contributed by atoms with van der Waals surface area (Å²) in [7, 11) is 2.19. The summed E-state index contributed by atoms with van der Waals surface area (Å²) in [5.74, 6) is 0.727. The Balaban J connectivity index is 2.79. The van der Waals surface area contributed by atoms with Crippen molar-refractivity contribution in [1.29, 1.82) is 0 Å². The second-order valence-electron chi connectivity index (χ2n) is 5.34. The van der Waals surface area contributed by atoms with Gasteiger partial charge in [-0.05, 0) is 42.6 Å². The van der Waals surface area contributed by atoms with Crippen molar-refractivity contribution in [1.82, 2.24) is 5.32 Å². The summed E-state index contributed by atoms with van der Waals surface area (Å²) in [6.07, 6.45) is 2.40. The van der Waals surface area contributed by atoms with E-state index in [0.29, 0.717) is 0 Å². The van der Waals surface area contributed by atoms with Crippen LogP contribution in [-0.2, 0) is 6.54 Å². The van der Waals surface area contributed by atoms with E-state index < -0.39 is 0 Å². The summed E-state index contributed by atoms with van der Waals surface area (Å²) < 4.78 is 1.15. The number of hydrogen-bond acceptors (Lipinski definition) is 2. The van der Waals surface area contributed by atoms with Crippen molar-refractivity contribution in [2.45, 2.75) is 40.2 Å². The molecule has 0 saturated carbocycles. The van der Waals surface area contributed by atoms with Crippen LogP contribution in [0.3, 0.4) is 0 Å². The molecule has 1 unspecified atom stereocenters. The largest absolute Gasteiger partial charge is 0.374 e. The van der Waals surface area contributed by atoms with E-state index in [4.69, 9.17) is 0 Å². The molecule has 0 radical (unpaired) electrons. The molecule has 1 rings (SSSR count). The van der Waals surface area contributed by atoms with Gasteiger partial charge >= 0.3 is 0 Å². The molecule has 108 valence electrons. The Labute approximate surface area is 126 Å². The highest BCUT2D eigenvalue weighted by Crippen LogP contribution is 2.24. The van der Waals surface area contributed by atoms with E-state index in [-0.39, 0.29) is 0 Å². The predicted molar refractivity (Wildman–Crippen MR) is 88.9 cm³/mol. The first-order valence-electron chi connectivity index (χ1n) is 7.28. The second-order valence-corrected chi connectivity index (χ2v) is 6.26. The Bertz CT molecular complexity index is 379. The number of benzene rings is 1. The molecular formula is C16H27BrN2. The van der Waals surface area contributed by atoms with Crippen LogP contribution in [0.2, 0.25) is 0 Å². The van der Waals surface area contributed by atoms with Crippen LogP contribution < -0.4 is 10.2 Å². The van der Waals surface area contributed by atoms with Crippen LogP contribution in [0.15, 0.2) is 22.7 Å². The van der Waals surface area contributed by atoms with Gasteiger partial charge in [0.25, 0.3) is 0 Å². The van der Waals surface area contributed by atoms with Gasteiger partial charge in [-0.25, -0.2) is 0 Å². The number of halogens is 1. The fraction of sp³-hybridized carbons (Fsp3) is 0.625. The Morgan fingerprint density at radius 2 is 2.05 bits per heavy atom. The fourth-order valence-corrected chi connectivity index (χ4v) is 2.57. The van der Waals surface area contributed by atoms with E-state index in [1.165, 1.54) is 24.1 Å². The van der Waals surface area contributed by atoms with Gasteiger partial charge in [-0.15, -0.1) is 0 Å². The average molecular weight is 327 g/mol. The van der Waals surface area contributed by atoms with Crippen molar-refractivity contribution < 1.29 is 0 Å². The van der Waals surface area contributed by atoms with Crippen molar-refractivity contribution in [3.8, 4) is 0 Å². The summed E-state index contributed by atoms with van der Waals surface area (Å²) in [5.41, 5.74) is 2.71. The normalized spacial score (nSPS) is 12.5. The minimum Gasteiger partial charge on any atom is -0.374 e. The van der Waals surface area contributed by atoms with Gasteiger partial charge in [0.05, 0.1) is 0 Å². The van der Waals surface area contributed by atoms with Crippen molar-refractivity contribution in [3.63, 3.8) is 0 Å². The van der Waals surface area contributed by atoms with Gasteiger partial charge in [0.15, 0.2) is 0 Å². The Kier molecular flexibility index (Phi) is 7.47. The first kappa shape index (κ1) is 16.5. The van der Waals surface area contributed by atoms with Gasteiger partial charge in [0.1, 0.15) is 0 Å². The van der Waals surface area contributed by atoms with Crippen molar-refractivity contribution in [2.75, 3.05) is 25.0 Å². The van der Waals surface area contributed by atoms with E-state index in [0.717, 1.165) is 30.0 Å². The number of nitrogens with zero attached hydrogens (tertiary/aromatic N) is 1. The third-order valence-electron chi connectivity index (χ3n) is 3.48. The van der Waals surface area contributed by atoms with E-state index in [1.807, 2.05) is 0 Å². The standard InChI is InChI=1S/C16H27BrN2/c1-5-9-18-11-14-10-15(17)7-8-16(14)19(4)12-13(3)6-2/h7-8,10,13,18H,5-6,9,11-12H2,1-4H3. The van der Waals surface area contributed by atoms with Gasteiger partial charge in [-0.3, -0.25) is 0 Å². The van der Waals surface area contributed by atoms with Gasteiger partial charge in [0.2, 0.25) is 0 Å². The first-order valence-corrected chi connectivity index (χ1v) is 8.08. The molecule has 0 aromatic heterocycles. The third kappa shape index (κ3) is 5.53. The molecule has 19 heavy (non-hydrogen) atoms. The maximum Gasteiger partial charge on any atom is 0.0410 e. The highest BCUT2D eigenvalue weighted by atomic mass is 79.9. The highest BCUT2D eigenvalue weighted by molar-refractivity contribution is 9.10. The van der Waals surface area contributed by atoms with Gasteiger partial charge in [-0.2, -0.15) is 0 Å². The monoisotopic (exact) mass is 326 g/mol. The average Bonchev–Trinajstić information content (AvgIpc) is 2.38. The second kappa shape index (κ2) is 8.60. The summed E-state index contributed by atoms with van der Waals surface area (Å²) in [6, 6.07) is 6.58. The Morgan fingerprint density at radius 3 is 2.68 bits per heavy atom. The summed E-state index contributed by atoms with van der Waals surface area (Å²) in [5, 5.41) is 3.49. The quantitative estimate of drug-likeness (QED) is 0.711. The van der Waals surface area contributed by atoms with Gasteiger partial charge < -0.3 is 10.2 Å². The molecule has 1 aromatic rings. The Hall–Kier alpha value is -0.540. The molecule has 3 heteroatoms. The van der Waals surface area contributed by atoms with Crippen molar-refractivity contribution in [3.05, 3.63) is 28.2 Å². The molecule has 1 N–H and O–H groups in total. The predicted octanol–water partition coefficient (Wildman–Crippen LogP) is 4.43. The van der Waals surface area contributed by atoms with E-state index in [1.54, 1.807) is 0 Å². The van der Waals surface area contributed by atoms with Crippen molar-refractivity contribution >= 4 is 21.6 Å². The lowest BCUT2D eigenvalue weighted by molar-refractivity contribution is 0.558. The van der Waals surface area contributed by atoms with E-state index in [9.17, 15) is 0 Å². The summed E-state index contributed by atoms with van der Waals surface area (Å²) >= 11 is 3.57. The van der Waals surface area contributed by atoms with Crippen LogP contribution in [0.25, 0.3) is 0 Å². The zero-order valence-corrected chi connectivity index (χ0v) is 14.3. The van der Waals surface area contributed by atoms with Crippen LogP contribution in [0.1, 0.15) is 39.2 Å². The molecule has 0 aliphatic carbocycles. The fourth-order valence-electron chi connectivity index (χ4n) is 2.16. The molecule has 0 amide bonds. The lowest BCUT2D eigenvalue weighted by Gasteiger charge is -2.25. The third-order valence-corrected chi connectivity index (χ3v) is 3.97. The molecule has 0 spiro atoms. The lowest BCUT2D eigenvalue weighted by Crippen LogP contribution is -2.26. The van der Waals surface area contributed by atoms with E-state index in [2.05, 4.69) is 72.2 Å².